The molecule has 0 aromatic carbocycles. The summed E-state index contributed by atoms with van der Waals surface area (Å²) in [5, 5.41) is 8.25. The molecule has 0 fully saturated rings. The standard InChI is InChI=1S/C11H14N4O/c1-4-15-10(7-8(2)13-15)11(16)9-5-6-12-14(9)3/h5-7H,4H2,1-3H3. The molecule has 16 heavy (non-hydrogen) atoms. The summed E-state index contributed by atoms with van der Waals surface area (Å²) in [6.45, 7) is 4.53. The van der Waals surface area contributed by atoms with Crippen molar-refractivity contribution >= 4 is 5.78 Å². The Morgan fingerprint density at radius 1 is 1.44 bits per heavy atom. The fourth-order valence-electron chi connectivity index (χ4n) is 1.70. The number of hydrogen-bond acceptors (Lipinski definition) is 3. The van der Waals surface area contributed by atoms with Gasteiger partial charge in [0.1, 0.15) is 11.4 Å². The third-order valence-corrected chi connectivity index (χ3v) is 2.49. The van der Waals surface area contributed by atoms with Gasteiger partial charge in [0.05, 0.1) is 5.69 Å². The Balaban J connectivity index is 2.45. The van der Waals surface area contributed by atoms with E-state index in [0.717, 1.165) is 5.69 Å². The average molecular weight is 218 g/mol. The Labute approximate surface area is 93.7 Å². The number of carbonyl (C=O) groups excluding carboxylic acids is 1. The van der Waals surface area contributed by atoms with Gasteiger partial charge in [0.15, 0.2) is 0 Å². The number of hydrogen-bond donors (Lipinski definition) is 0. The van der Waals surface area contributed by atoms with E-state index >= 15 is 0 Å². The van der Waals surface area contributed by atoms with E-state index in [1.807, 2.05) is 13.8 Å². The van der Waals surface area contributed by atoms with E-state index in [1.54, 1.807) is 34.7 Å². The fourth-order valence-corrected chi connectivity index (χ4v) is 1.70. The van der Waals surface area contributed by atoms with Crippen molar-refractivity contribution in [3.63, 3.8) is 0 Å². The van der Waals surface area contributed by atoms with Crippen molar-refractivity contribution in [1.82, 2.24) is 19.6 Å². The van der Waals surface area contributed by atoms with Gasteiger partial charge in [0, 0.05) is 19.8 Å². The predicted molar refractivity (Wildman–Crippen MR) is 59.3 cm³/mol. The van der Waals surface area contributed by atoms with E-state index in [1.165, 1.54) is 0 Å². The summed E-state index contributed by atoms with van der Waals surface area (Å²) in [5.41, 5.74) is 2.05. The van der Waals surface area contributed by atoms with Crippen LogP contribution in [0, 0.1) is 6.92 Å². The van der Waals surface area contributed by atoms with Crippen LogP contribution in [0.2, 0.25) is 0 Å². The van der Waals surface area contributed by atoms with E-state index in [2.05, 4.69) is 10.2 Å². The highest BCUT2D eigenvalue weighted by molar-refractivity contribution is 6.06. The van der Waals surface area contributed by atoms with Crippen LogP contribution in [-0.2, 0) is 13.6 Å². The highest BCUT2D eigenvalue weighted by Gasteiger charge is 2.17. The SMILES string of the molecule is CCn1nc(C)cc1C(=O)c1ccnn1C. The average Bonchev–Trinajstić information content (AvgIpc) is 2.83. The predicted octanol–water partition coefficient (Wildman–Crippen LogP) is 1.18. The molecule has 0 aliphatic carbocycles. The van der Waals surface area contributed by atoms with Crippen molar-refractivity contribution in [3.8, 4) is 0 Å². The Kier molecular flexibility index (Phi) is 2.60. The van der Waals surface area contributed by atoms with Crippen LogP contribution in [0.4, 0.5) is 0 Å². The van der Waals surface area contributed by atoms with Crippen LogP contribution in [0.5, 0.6) is 0 Å². The Hall–Kier alpha value is -1.91. The smallest absolute Gasteiger partial charge is 0.228 e. The van der Waals surface area contributed by atoms with Crippen LogP contribution in [-0.4, -0.2) is 25.3 Å². The van der Waals surface area contributed by atoms with Crippen molar-refractivity contribution in [1.29, 1.82) is 0 Å². The molecule has 0 amide bonds. The summed E-state index contributed by atoms with van der Waals surface area (Å²) >= 11 is 0. The molecular weight excluding hydrogens is 204 g/mol. The molecule has 0 unspecified atom stereocenters. The zero-order valence-corrected chi connectivity index (χ0v) is 9.64. The molecule has 2 rings (SSSR count). The van der Waals surface area contributed by atoms with Crippen molar-refractivity contribution in [2.75, 3.05) is 0 Å². The molecule has 0 atom stereocenters. The van der Waals surface area contributed by atoms with Gasteiger partial charge in [-0.3, -0.25) is 14.2 Å². The van der Waals surface area contributed by atoms with E-state index in [-0.39, 0.29) is 5.78 Å². The summed E-state index contributed by atoms with van der Waals surface area (Å²) in [4.78, 5) is 12.2. The van der Waals surface area contributed by atoms with Gasteiger partial charge >= 0.3 is 0 Å². The van der Waals surface area contributed by atoms with Gasteiger partial charge in [-0.15, -0.1) is 0 Å². The lowest BCUT2D eigenvalue weighted by Gasteiger charge is -2.03. The number of carbonyl (C=O) groups is 1. The van der Waals surface area contributed by atoms with Crippen LogP contribution < -0.4 is 0 Å². The van der Waals surface area contributed by atoms with Gasteiger partial charge in [-0.25, -0.2) is 0 Å². The zero-order chi connectivity index (χ0) is 11.7. The summed E-state index contributed by atoms with van der Waals surface area (Å²) in [5.74, 6) is -0.0394. The molecule has 5 nitrogen and oxygen atoms in total. The Bertz CT molecular complexity index is 524. The third-order valence-electron chi connectivity index (χ3n) is 2.49. The molecule has 0 aliphatic rings. The van der Waals surface area contributed by atoms with Crippen LogP contribution >= 0.6 is 0 Å². The van der Waals surface area contributed by atoms with Crippen molar-refractivity contribution in [2.45, 2.75) is 20.4 Å². The molecule has 2 aromatic rings. The van der Waals surface area contributed by atoms with E-state index < -0.39 is 0 Å². The van der Waals surface area contributed by atoms with Gasteiger partial charge in [0.25, 0.3) is 0 Å². The molecule has 0 N–H and O–H groups in total. The first kappa shape index (κ1) is 10.6. The summed E-state index contributed by atoms with van der Waals surface area (Å²) in [7, 11) is 1.76. The molecule has 2 aromatic heterocycles. The first-order valence-corrected chi connectivity index (χ1v) is 5.20. The molecule has 0 radical (unpaired) electrons. The second kappa shape index (κ2) is 3.92. The molecular formula is C11H14N4O. The molecule has 5 heteroatoms. The monoisotopic (exact) mass is 218 g/mol. The van der Waals surface area contributed by atoms with Crippen LogP contribution in [0.1, 0.15) is 28.8 Å². The van der Waals surface area contributed by atoms with Crippen molar-refractivity contribution in [2.24, 2.45) is 7.05 Å². The quantitative estimate of drug-likeness (QED) is 0.727. The van der Waals surface area contributed by atoms with Gasteiger partial charge in [0.2, 0.25) is 5.78 Å². The maximum Gasteiger partial charge on any atom is 0.228 e. The normalized spacial score (nSPS) is 10.7. The Morgan fingerprint density at radius 2 is 2.19 bits per heavy atom. The van der Waals surface area contributed by atoms with Crippen molar-refractivity contribution < 1.29 is 4.79 Å². The number of aryl methyl sites for hydroxylation is 3. The van der Waals surface area contributed by atoms with Gasteiger partial charge in [-0.05, 0) is 26.0 Å². The second-order valence-corrected chi connectivity index (χ2v) is 3.66. The van der Waals surface area contributed by atoms with Crippen molar-refractivity contribution in [3.05, 3.63) is 35.4 Å². The van der Waals surface area contributed by atoms with E-state index in [9.17, 15) is 4.79 Å². The number of rotatable bonds is 3. The Morgan fingerprint density at radius 3 is 2.75 bits per heavy atom. The minimum absolute atomic E-state index is 0.0394. The molecule has 0 bridgehead atoms. The maximum absolute atomic E-state index is 12.2. The third kappa shape index (κ3) is 1.64. The molecule has 0 spiro atoms. The highest BCUT2D eigenvalue weighted by atomic mass is 16.1. The number of nitrogens with zero attached hydrogens (tertiary/aromatic N) is 4. The summed E-state index contributed by atoms with van der Waals surface area (Å²) < 4.78 is 3.29. The molecule has 2 heterocycles. The molecule has 0 saturated heterocycles. The van der Waals surface area contributed by atoms with E-state index in [4.69, 9.17) is 0 Å². The van der Waals surface area contributed by atoms with Gasteiger partial charge < -0.3 is 0 Å². The number of ketones is 1. The first-order chi connectivity index (χ1) is 7.63. The van der Waals surface area contributed by atoms with Gasteiger partial charge in [-0.2, -0.15) is 10.2 Å². The zero-order valence-electron chi connectivity index (χ0n) is 9.64. The highest BCUT2D eigenvalue weighted by Crippen LogP contribution is 2.10. The summed E-state index contributed by atoms with van der Waals surface area (Å²) in [6, 6.07) is 3.52. The maximum atomic E-state index is 12.2. The first-order valence-electron chi connectivity index (χ1n) is 5.20. The minimum Gasteiger partial charge on any atom is -0.285 e. The lowest BCUT2D eigenvalue weighted by atomic mass is 10.2. The van der Waals surface area contributed by atoms with Crippen LogP contribution in [0.15, 0.2) is 18.3 Å². The summed E-state index contributed by atoms with van der Waals surface area (Å²) in [6.07, 6.45) is 1.62. The van der Waals surface area contributed by atoms with Crippen LogP contribution in [0.25, 0.3) is 0 Å². The molecule has 0 aliphatic heterocycles. The lowest BCUT2D eigenvalue weighted by molar-refractivity contribution is 0.102. The van der Waals surface area contributed by atoms with Gasteiger partial charge in [-0.1, -0.05) is 0 Å². The van der Waals surface area contributed by atoms with E-state index in [0.29, 0.717) is 17.9 Å². The second-order valence-electron chi connectivity index (χ2n) is 3.66. The lowest BCUT2D eigenvalue weighted by Crippen LogP contribution is -2.13. The number of aromatic nitrogens is 4. The van der Waals surface area contributed by atoms with Crippen LogP contribution in [0.3, 0.4) is 0 Å². The molecule has 0 saturated carbocycles. The topological polar surface area (TPSA) is 52.7 Å². The molecule has 84 valence electrons. The fraction of sp³-hybridized carbons (Fsp3) is 0.364. The minimum atomic E-state index is -0.0394. The largest absolute Gasteiger partial charge is 0.285 e.